The number of hydrogen-bond acceptors (Lipinski definition) is 6. The fourth-order valence-electron chi connectivity index (χ4n) is 3.91. The van der Waals surface area contributed by atoms with Gasteiger partial charge in [-0.25, -0.2) is 4.98 Å². The second-order valence-electron chi connectivity index (χ2n) is 8.50. The number of rotatable bonds is 8. The minimum absolute atomic E-state index is 0.166. The highest BCUT2D eigenvalue weighted by atomic mass is 32.2. The zero-order valence-electron chi connectivity index (χ0n) is 19.8. The standard InChI is InChI=1S/C25H27F3N4O3S/c1-17(22(33)29-19-9-7-18(8-10-19)25(26,27)28)36-24-30-21-6-3-2-5-20(21)23(34)32(24)12-4-11-31-13-15-35-16-14-31/h2-3,5-10,17H,4,11-16H2,1H3,(H,29,33)/t17-/m1/s1. The molecule has 0 spiro atoms. The number of fused-ring (bicyclic) bond motifs is 1. The van der Waals surface area contributed by atoms with E-state index in [0.29, 0.717) is 35.8 Å². The maximum absolute atomic E-state index is 13.3. The van der Waals surface area contributed by atoms with Crippen LogP contribution < -0.4 is 10.9 Å². The van der Waals surface area contributed by atoms with Gasteiger partial charge in [0.25, 0.3) is 5.56 Å². The van der Waals surface area contributed by atoms with Crippen molar-refractivity contribution in [3.8, 4) is 0 Å². The van der Waals surface area contributed by atoms with Crippen molar-refractivity contribution >= 4 is 34.3 Å². The van der Waals surface area contributed by atoms with E-state index in [4.69, 9.17) is 4.74 Å². The maximum atomic E-state index is 13.3. The Balaban J connectivity index is 1.49. The van der Waals surface area contributed by atoms with Gasteiger partial charge in [0.2, 0.25) is 5.91 Å². The molecule has 1 aliphatic heterocycles. The average Bonchev–Trinajstić information content (AvgIpc) is 2.86. The van der Waals surface area contributed by atoms with Gasteiger partial charge in [0.1, 0.15) is 0 Å². The third-order valence-corrected chi connectivity index (χ3v) is 7.01. The number of anilines is 1. The maximum Gasteiger partial charge on any atom is 0.416 e. The normalized spacial score (nSPS) is 15.7. The predicted octanol–water partition coefficient (Wildman–Crippen LogP) is 4.26. The lowest BCUT2D eigenvalue weighted by Crippen LogP contribution is -2.37. The highest BCUT2D eigenvalue weighted by Crippen LogP contribution is 2.30. The molecule has 1 aliphatic rings. The van der Waals surface area contributed by atoms with Gasteiger partial charge in [-0.2, -0.15) is 13.2 Å². The minimum Gasteiger partial charge on any atom is -0.379 e. The summed E-state index contributed by atoms with van der Waals surface area (Å²) < 4.78 is 45.4. The predicted molar refractivity (Wildman–Crippen MR) is 133 cm³/mol. The van der Waals surface area contributed by atoms with Gasteiger partial charge in [0.15, 0.2) is 5.16 Å². The fourth-order valence-corrected chi connectivity index (χ4v) is 4.84. The Kier molecular flexibility index (Phi) is 8.32. The average molecular weight is 521 g/mol. The summed E-state index contributed by atoms with van der Waals surface area (Å²) in [5.74, 6) is -0.401. The summed E-state index contributed by atoms with van der Waals surface area (Å²) in [6, 6.07) is 11.4. The molecule has 1 fully saturated rings. The lowest BCUT2D eigenvalue weighted by molar-refractivity contribution is -0.137. The van der Waals surface area contributed by atoms with E-state index in [9.17, 15) is 22.8 Å². The zero-order valence-corrected chi connectivity index (χ0v) is 20.6. The Morgan fingerprint density at radius 3 is 2.50 bits per heavy atom. The molecule has 0 aliphatic carbocycles. The number of nitrogens with one attached hydrogen (secondary N) is 1. The molecule has 4 rings (SSSR count). The highest BCUT2D eigenvalue weighted by Gasteiger charge is 2.30. The molecular weight excluding hydrogens is 493 g/mol. The van der Waals surface area contributed by atoms with Crippen molar-refractivity contribution in [2.45, 2.75) is 36.5 Å². The van der Waals surface area contributed by atoms with Crippen molar-refractivity contribution in [2.24, 2.45) is 0 Å². The van der Waals surface area contributed by atoms with Crippen molar-refractivity contribution in [3.63, 3.8) is 0 Å². The number of nitrogens with zero attached hydrogens (tertiary/aromatic N) is 3. The molecule has 2 heterocycles. The molecule has 1 amide bonds. The van der Waals surface area contributed by atoms with Gasteiger partial charge in [-0.3, -0.25) is 19.1 Å². The number of ether oxygens (including phenoxy) is 1. The van der Waals surface area contributed by atoms with E-state index in [1.807, 2.05) is 0 Å². The molecule has 1 N–H and O–H groups in total. The minimum atomic E-state index is -4.45. The number of alkyl halides is 3. The van der Waals surface area contributed by atoms with Crippen molar-refractivity contribution in [3.05, 3.63) is 64.4 Å². The van der Waals surface area contributed by atoms with Crippen LogP contribution in [0, 0.1) is 0 Å². The van der Waals surface area contributed by atoms with Gasteiger partial charge in [-0.05, 0) is 49.7 Å². The lowest BCUT2D eigenvalue weighted by atomic mass is 10.2. The van der Waals surface area contributed by atoms with Gasteiger partial charge in [0.05, 0.1) is 34.9 Å². The van der Waals surface area contributed by atoms with Gasteiger partial charge in [-0.1, -0.05) is 23.9 Å². The van der Waals surface area contributed by atoms with E-state index in [-0.39, 0.29) is 11.2 Å². The molecule has 0 radical (unpaired) electrons. The Hall–Kier alpha value is -2.89. The first kappa shape index (κ1) is 26.2. The van der Waals surface area contributed by atoms with Crippen LogP contribution >= 0.6 is 11.8 Å². The number of aromatic nitrogens is 2. The van der Waals surface area contributed by atoms with Gasteiger partial charge >= 0.3 is 6.18 Å². The molecule has 3 aromatic rings. The van der Waals surface area contributed by atoms with Crippen molar-refractivity contribution in [1.82, 2.24) is 14.5 Å². The van der Waals surface area contributed by atoms with Crippen molar-refractivity contribution < 1.29 is 22.7 Å². The summed E-state index contributed by atoms with van der Waals surface area (Å²) in [6.07, 6.45) is -3.71. The van der Waals surface area contributed by atoms with Crippen LogP contribution in [-0.4, -0.2) is 58.5 Å². The number of hydrogen-bond donors (Lipinski definition) is 1. The van der Waals surface area contributed by atoms with E-state index in [1.54, 1.807) is 35.8 Å². The third-order valence-electron chi connectivity index (χ3n) is 5.92. The molecule has 36 heavy (non-hydrogen) atoms. The summed E-state index contributed by atoms with van der Waals surface area (Å²) in [5.41, 5.74) is -0.149. The largest absolute Gasteiger partial charge is 0.416 e. The first-order chi connectivity index (χ1) is 17.2. The number of amides is 1. The molecule has 0 saturated carbocycles. The van der Waals surface area contributed by atoms with Crippen LogP contribution in [0.4, 0.5) is 18.9 Å². The Labute approximate surface area is 210 Å². The molecule has 0 unspecified atom stereocenters. The first-order valence-electron chi connectivity index (χ1n) is 11.7. The van der Waals surface area contributed by atoms with Crippen LogP contribution in [0.2, 0.25) is 0 Å². The number of para-hydroxylation sites is 1. The zero-order chi connectivity index (χ0) is 25.7. The van der Waals surface area contributed by atoms with E-state index in [2.05, 4.69) is 15.2 Å². The summed E-state index contributed by atoms with van der Waals surface area (Å²) in [6.45, 7) is 6.04. The van der Waals surface area contributed by atoms with Crippen LogP contribution in [0.25, 0.3) is 10.9 Å². The molecule has 0 bridgehead atoms. The van der Waals surface area contributed by atoms with Crippen LogP contribution in [0.5, 0.6) is 0 Å². The van der Waals surface area contributed by atoms with E-state index < -0.39 is 22.9 Å². The SMILES string of the molecule is C[C@@H](Sc1nc2ccccc2c(=O)n1CCCN1CCOCC1)C(=O)Nc1ccc(C(F)(F)F)cc1. The van der Waals surface area contributed by atoms with E-state index in [1.165, 1.54) is 12.1 Å². The quantitative estimate of drug-likeness (QED) is 0.354. The van der Waals surface area contributed by atoms with E-state index in [0.717, 1.165) is 49.9 Å². The molecule has 2 aromatic carbocycles. The summed E-state index contributed by atoms with van der Waals surface area (Å²) in [5, 5.41) is 2.93. The number of carbonyl (C=O) groups excluding carboxylic acids is 1. The fraction of sp³-hybridized carbons (Fsp3) is 0.400. The second kappa shape index (κ2) is 11.4. The van der Waals surface area contributed by atoms with Gasteiger partial charge in [-0.15, -0.1) is 0 Å². The van der Waals surface area contributed by atoms with Gasteiger partial charge < -0.3 is 10.1 Å². The number of thioether (sulfide) groups is 1. The van der Waals surface area contributed by atoms with Crippen molar-refractivity contribution in [2.75, 3.05) is 38.2 Å². The number of carbonyl (C=O) groups is 1. The van der Waals surface area contributed by atoms with Gasteiger partial charge in [0, 0.05) is 31.9 Å². The smallest absolute Gasteiger partial charge is 0.379 e. The van der Waals surface area contributed by atoms with Crippen LogP contribution in [-0.2, 0) is 22.3 Å². The van der Waals surface area contributed by atoms with Crippen molar-refractivity contribution in [1.29, 1.82) is 0 Å². The molecule has 1 aromatic heterocycles. The van der Waals surface area contributed by atoms with E-state index >= 15 is 0 Å². The first-order valence-corrected chi connectivity index (χ1v) is 12.5. The number of halogens is 3. The summed E-state index contributed by atoms with van der Waals surface area (Å²) in [7, 11) is 0. The Morgan fingerprint density at radius 2 is 1.81 bits per heavy atom. The lowest BCUT2D eigenvalue weighted by Gasteiger charge is -2.26. The molecule has 7 nitrogen and oxygen atoms in total. The molecular formula is C25H27F3N4O3S. The monoisotopic (exact) mass is 520 g/mol. The molecule has 1 saturated heterocycles. The molecule has 11 heteroatoms. The third kappa shape index (κ3) is 6.45. The highest BCUT2D eigenvalue weighted by molar-refractivity contribution is 8.00. The van der Waals surface area contributed by atoms with Crippen LogP contribution in [0.1, 0.15) is 18.9 Å². The number of morpholine rings is 1. The Bertz CT molecular complexity index is 1260. The molecule has 1 atom stereocenters. The summed E-state index contributed by atoms with van der Waals surface area (Å²) in [4.78, 5) is 33.0. The molecule has 192 valence electrons. The Morgan fingerprint density at radius 1 is 1.11 bits per heavy atom. The summed E-state index contributed by atoms with van der Waals surface area (Å²) >= 11 is 1.15. The van der Waals surface area contributed by atoms with Crippen LogP contribution in [0.3, 0.4) is 0 Å². The van der Waals surface area contributed by atoms with Crippen LogP contribution in [0.15, 0.2) is 58.5 Å². The number of benzene rings is 2. The topological polar surface area (TPSA) is 76.5 Å². The second-order valence-corrected chi connectivity index (χ2v) is 9.81.